The summed E-state index contributed by atoms with van der Waals surface area (Å²) in [4.78, 5) is 33.1. The molecule has 7 nitrogen and oxygen atoms in total. The molecule has 0 aromatic heterocycles. The molecule has 0 unspecified atom stereocenters. The Morgan fingerprint density at radius 3 is 2.39 bits per heavy atom. The molecule has 0 atom stereocenters. The predicted octanol–water partition coefficient (Wildman–Crippen LogP) is 2.94. The summed E-state index contributed by atoms with van der Waals surface area (Å²) < 4.78 is 5.07. The highest BCUT2D eigenvalue weighted by Crippen LogP contribution is 2.26. The molecule has 0 radical (unpaired) electrons. The van der Waals surface area contributed by atoms with Crippen molar-refractivity contribution in [2.45, 2.75) is 0 Å². The van der Waals surface area contributed by atoms with Crippen molar-refractivity contribution in [3.05, 3.63) is 68.7 Å². The van der Waals surface area contributed by atoms with Gasteiger partial charge in [0, 0.05) is 22.7 Å². The number of rotatable bonds is 6. The van der Waals surface area contributed by atoms with Crippen molar-refractivity contribution < 1.29 is 24.4 Å². The summed E-state index contributed by atoms with van der Waals surface area (Å²) in [5.41, 5.74) is 0.126. The van der Waals surface area contributed by atoms with Crippen LogP contribution in [0.15, 0.2) is 42.5 Å². The zero-order valence-electron chi connectivity index (χ0n) is 11.6. The van der Waals surface area contributed by atoms with Gasteiger partial charge in [-0.1, -0.05) is 11.6 Å². The van der Waals surface area contributed by atoms with Crippen molar-refractivity contribution in [1.82, 2.24) is 0 Å². The molecule has 0 aliphatic heterocycles. The lowest BCUT2D eigenvalue weighted by molar-refractivity contribution is -0.384. The van der Waals surface area contributed by atoms with Gasteiger partial charge < -0.3 is 9.84 Å². The number of ketones is 1. The molecule has 2 aromatic carbocycles. The van der Waals surface area contributed by atoms with Crippen molar-refractivity contribution in [2.24, 2.45) is 0 Å². The molecule has 118 valence electrons. The number of nitro benzene ring substituents is 1. The number of carboxylic acids is 1. The van der Waals surface area contributed by atoms with Crippen molar-refractivity contribution in [1.29, 1.82) is 0 Å². The standard InChI is InChI=1S/C15H10ClNO6/c16-10-3-6-13(23-8-14(18)19)12(7-10)15(20)9-1-4-11(5-2-9)17(21)22/h1-7H,8H2,(H,18,19). The summed E-state index contributed by atoms with van der Waals surface area (Å²) in [5, 5.41) is 19.6. The minimum Gasteiger partial charge on any atom is -0.481 e. The number of carbonyl (C=O) groups is 2. The molecule has 8 heteroatoms. The molecular weight excluding hydrogens is 326 g/mol. The van der Waals surface area contributed by atoms with E-state index < -0.39 is 23.3 Å². The Kier molecular flexibility index (Phi) is 4.92. The van der Waals surface area contributed by atoms with E-state index in [-0.39, 0.29) is 27.6 Å². The van der Waals surface area contributed by atoms with Crippen LogP contribution >= 0.6 is 11.6 Å². The zero-order valence-corrected chi connectivity index (χ0v) is 12.3. The molecule has 0 saturated carbocycles. The van der Waals surface area contributed by atoms with E-state index in [0.29, 0.717) is 0 Å². The molecule has 23 heavy (non-hydrogen) atoms. The van der Waals surface area contributed by atoms with Gasteiger partial charge in [0.25, 0.3) is 5.69 Å². The minimum atomic E-state index is -1.19. The molecule has 0 aliphatic carbocycles. The Balaban J connectivity index is 2.35. The lowest BCUT2D eigenvalue weighted by Crippen LogP contribution is -2.12. The molecule has 0 aliphatic rings. The molecule has 0 heterocycles. The minimum absolute atomic E-state index is 0.0696. The van der Waals surface area contributed by atoms with Gasteiger partial charge in [-0.15, -0.1) is 0 Å². The highest BCUT2D eigenvalue weighted by Gasteiger charge is 2.17. The largest absolute Gasteiger partial charge is 0.481 e. The number of benzene rings is 2. The van der Waals surface area contributed by atoms with Gasteiger partial charge in [-0.25, -0.2) is 4.79 Å². The Labute approximate surface area is 135 Å². The maximum atomic E-state index is 12.5. The second kappa shape index (κ2) is 6.89. The number of non-ortho nitro benzene ring substituents is 1. The molecule has 1 N–H and O–H groups in total. The summed E-state index contributed by atoms with van der Waals surface area (Å²) in [6.07, 6.45) is 0. The first-order valence-corrected chi connectivity index (χ1v) is 6.69. The van der Waals surface area contributed by atoms with Crippen molar-refractivity contribution in [3.63, 3.8) is 0 Å². The summed E-state index contributed by atoms with van der Waals surface area (Å²) >= 11 is 5.86. The topological polar surface area (TPSA) is 107 Å². The number of nitro groups is 1. The fourth-order valence-corrected chi connectivity index (χ4v) is 2.01. The third-order valence-corrected chi connectivity index (χ3v) is 3.11. The third-order valence-electron chi connectivity index (χ3n) is 2.88. The van der Waals surface area contributed by atoms with Crippen LogP contribution in [0, 0.1) is 10.1 Å². The number of aliphatic carboxylic acids is 1. The van der Waals surface area contributed by atoms with E-state index >= 15 is 0 Å². The number of carbonyl (C=O) groups excluding carboxylic acids is 1. The molecule has 0 amide bonds. The van der Waals surface area contributed by atoms with Crippen LogP contribution in [0.1, 0.15) is 15.9 Å². The van der Waals surface area contributed by atoms with Crippen LogP contribution in [-0.2, 0) is 4.79 Å². The van der Waals surface area contributed by atoms with Crippen LogP contribution in [0.2, 0.25) is 5.02 Å². The Bertz CT molecular complexity index is 772. The van der Waals surface area contributed by atoms with Crippen LogP contribution < -0.4 is 4.74 Å². The predicted molar refractivity (Wildman–Crippen MR) is 81.1 cm³/mol. The van der Waals surface area contributed by atoms with Crippen LogP contribution in [0.4, 0.5) is 5.69 Å². The maximum Gasteiger partial charge on any atom is 0.341 e. The number of halogens is 1. The molecular formula is C15H10ClNO6. The molecule has 2 aromatic rings. The first kappa shape index (κ1) is 16.4. The summed E-state index contributed by atoms with van der Waals surface area (Å²) in [7, 11) is 0. The quantitative estimate of drug-likeness (QED) is 0.494. The molecule has 0 saturated heterocycles. The monoisotopic (exact) mass is 335 g/mol. The fraction of sp³-hybridized carbons (Fsp3) is 0.0667. The SMILES string of the molecule is O=C(O)COc1ccc(Cl)cc1C(=O)c1ccc([N+](=O)[O-])cc1. The second-order valence-corrected chi connectivity index (χ2v) is 4.89. The van der Waals surface area contributed by atoms with Crippen molar-refractivity contribution >= 4 is 29.0 Å². The number of ether oxygens (including phenoxy) is 1. The van der Waals surface area contributed by atoms with Crippen molar-refractivity contribution in [2.75, 3.05) is 6.61 Å². The van der Waals surface area contributed by atoms with Crippen molar-refractivity contribution in [3.8, 4) is 5.75 Å². The second-order valence-electron chi connectivity index (χ2n) is 4.46. The normalized spacial score (nSPS) is 10.1. The highest BCUT2D eigenvalue weighted by atomic mass is 35.5. The zero-order chi connectivity index (χ0) is 17.0. The van der Waals surface area contributed by atoms with E-state index in [9.17, 15) is 19.7 Å². The van der Waals surface area contributed by atoms with E-state index in [4.69, 9.17) is 21.4 Å². The lowest BCUT2D eigenvalue weighted by atomic mass is 10.0. The van der Waals surface area contributed by atoms with Gasteiger partial charge in [0.15, 0.2) is 12.4 Å². The van der Waals surface area contributed by atoms with Gasteiger partial charge in [-0.3, -0.25) is 14.9 Å². The summed E-state index contributed by atoms with van der Waals surface area (Å²) in [6.45, 7) is -0.609. The first-order chi connectivity index (χ1) is 10.9. The number of hydrogen-bond acceptors (Lipinski definition) is 5. The Morgan fingerprint density at radius 1 is 1.17 bits per heavy atom. The molecule has 2 rings (SSSR count). The number of hydrogen-bond donors (Lipinski definition) is 1. The van der Waals surface area contributed by atoms with E-state index in [1.807, 2.05) is 0 Å². The molecule has 0 bridgehead atoms. The van der Waals surface area contributed by atoms with E-state index in [1.54, 1.807) is 0 Å². The summed E-state index contributed by atoms with van der Waals surface area (Å²) in [5.74, 6) is -1.60. The number of nitrogens with zero attached hydrogens (tertiary/aromatic N) is 1. The maximum absolute atomic E-state index is 12.5. The average Bonchev–Trinajstić information content (AvgIpc) is 2.53. The summed E-state index contributed by atoms with van der Waals surface area (Å²) in [6, 6.07) is 9.23. The average molecular weight is 336 g/mol. The van der Waals surface area contributed by atoms with Gasteiger partial charge in [0.1, 0.15) is 5.75 Å². The van der Waals surface area contributed by atoms with Crippen LogP contribution in [-0.4, -0.2) is 28.4 Å². The van der Waals surface area contributed by atoms with E-state index in [1.165, 1.54) is 42.5 Å². The van der Waals surface area contributed by atoms with Gasteiger partial charge in [-0.05, 0) is 30.3 Å². The Hall–Kier alpha value is -2.93. The van der Waals surface area contributed by atoms with Gasteiger partial charge in [0.05, 0.1) is 10.5 Å². The van der Waals surface area contributed by atoms with E-state index in [0.717, 1.165) is 0 Å². The van der Waals surface area contributed by atoms with E-state index in [2.05, 4.69) is 0 Å². The number of carboxylic acid groups (broad SMARTS) is 1. The van der Waals surface area contributed by atoms with Gasteiger partial charge in [-0.2, -0.15) is 0 Å². The molecule has 0 fully saturated rings. The fourth-order valence-electron chi connectivity index (χ4n) is 1.84. The third kappa shape index (κ3) is 4.04. The van der Waals surface area contributed by atoms with Crippen LogP contribution in [0.5, 0.6) is 5.75 Å². The van der Waals surface area contributed by atoms with Crippen LogP contribution in [0.25, 0.3) is 0 Å². The first-order valence-electron chi connectivity index (χ1n) is 6.32. The lowest BCUT2D eigenvalue weighted by Gasteiger charge is -2.10. The van der Waals surface area contributed by atoms with Gasteiger partial charge in [0.2, 0.25) is 0 Å². The molecule has 0 spiro atoms. The highest BCUT2D eigenvalue weighted by molar-refractivity contribution is 6.31. The van der Waals surface area contributed by atoms with Crippen LogP contribution in [0.3, 0.4) is 0 Å². The smallest absolute Gasteiger partial charge is 0.341 e. The van der Waals surface area contributed by atoms with Gasteiger partial charge >= 0.3 is 5.97 Å². The Morgan fingerprint density at radius 2 is 1.83 bits per heavy atom.